The summed E-state index contributed by atoms with van der Waals surface area (Å²) in [4.78, 5) is 0. The molecule has 92 valence electrons. The molecular formula is C14H20N2O. The van der Waals surface area contributed by atoms with Crippen molar-refractivity contribution >= 4 is 6.21 Å². The number of nitrogens with zero attached hydrogens (tertiary/aromatic N) is 2. The van der Waals surface area contributed by atoms with Crippen LogP contribution >= 0.6 is 0 Å². The fourth-order valence-corrected chi connectivity index (χ4v) is 2.20. The maximum Gasteiger partial charge on any atom is 0.0704 e. The molecule has 0 aliphatic carbocycles. The summed E-state index contributed by atoms with van der Waals surface area (Å²) < 4.78 is 5.21. The molecule has 1 saturated heterocycles. The Morgan fingerprint density at radius 1 is 1.41 bits per heavy atom. The van der Waals surface area contributed by atoms with E-state index in [1.165, 1.54) is 18.4 Å². The Morgan fingerprint density at radius 3 is 3.00 bits per heavy atom. The molecule has 3 heteroatoms. The van der Waals surface area contributed by atoms with Crippen LogP contribution in [0.1, 0.15) is 18.4 Å². The van der Waals surface area contributed by atoms with Gasteiger partial charge < -0.3 is 4.74 Å². The average Bonchev–Trinajstić information content (AvgIpc) is 2.79. The molecular weight excluding hydrogens is 212 g/mol. The number of rotatable bonds is 5. The van der Waals surface area contributed by atoms with Crippen molar-refractivity contribution in [2.75, 3.05) is 20.3 Å². The summed E-state index contributed by atoms with van der Waals surface area (Å²) in [5.41, 5.74) is 1.30. The van der Waals surface area contributed by atoms with E-state index in [0.717, 1.165) is 19.6 Å². The molecule has 0 unspecified atom stereocenters. The number of hydrogen-bond acceptors (Lipinski definition) is 3. The van der Waals surface area contributed by atoms with Gasteiger partial charge in [-0.3, -0.25) is 5.01 Å². The van der Waals surface area contributed by atoms with Crippen LogP contribution in [0.4, 0.5) is 0 Å². The SMILES string of the molecule is COC[C@@H]1CCCN1N=CCc1ccccc1. The Hall–Kier alpha value is -1.35. The largest absolute Gasteiger partial charge is 0.382 e. The van der Waals surface area contributed by atoms with Crippen molar-refractivity contribution in [3.05, 3.63) is 35.9 Å². The Bertz CT molecular complexity index is 350. The zero-order valence-electron chi connectivity index (χ0n) is 10.4. The van der Waals surface area contributed by atoms with Crippen LogP contribution in [0, 0.1) is 0 Å². The van der Waals surface area contributed by atoms with Gasteiger partial charge in [0.2, 0.25) is 0 Å². The minimum absolute atomic E-state index is 0.465. The molecule has 2 rings (SSSR count). The predicted octanol–water partition coefficient (Wildman–Crippen LogP) is 2.33. The van der Waals surface area contributed by atoms with Crippen molar-refractivity contribution in [2.24, 2.45) is 5.10 Å². The average molecular weight is 232 g/mol. The molecule has 1 fully saturated rings. The minimum atomic E-state index is 0.465. The molecule has 0 spiro atoms. The normalized spacial score (nSPS) is 20.3. The molecule has 1 aliphatic heterocycles. The second kappa shape index (κ2) is 6.40. The summed E-state index contributed by atoms with van der Waals surface area (Å²) in [6, 6.07) is 10.9. The standard InChI is InChI=1S/C14H20N2O/c1-17-12-14-8-5-11-16(14)15-10-9-13-6-3-2-4-7-13/h2-4,6-7,10,14H,5,8-9,11-12H2,1H3/t14-/m0/s1. The van der Waals surface area contributed by atoms with Gasteiger partial charge in [-0.15, -0.1) is 0 Å². The van der Waals surface area contributed by atoms with E-state index in [2.05, 4.69) is 34.4 Å². The molecule has 0 radical (unpaired) electrons. The molecule has 1 aromatic rings. The van der Waals surface area contributed by atoms with Crippen molar-refractivity contribution < 1.29 is 4.74 Å². The van der Waals surface area contributed by atoms with Gasteiger partial charge in [0.05, 0.1) is 12.6 Å². The molecule has 1 aromatic carbocycles. The van der Waals surface area contributed by atoms with E-state index in [4.69, 9.17) is 4.74 Å². The fraction of sp³-hybridized carbons (Fsp3) is 0.500. The Morgan fingerprint density at radius 2 is 2.24 bits per heavy atom. The molecule has 0 aromatic heterocycles. The quantitative estimate of drug-likeness (QED) is 0.728. The number of hydrogen-bond donors (Lipinski definition) is 0. The van der Waals surface area contributed by atoms with E-state index in [9.17, 15) is 0 Å². The topological polar surface area (TPSA) is 24.8 Å². The van der Waals surface area contributed by atoms with Crippen LogP contribution in [0.2, 0.25) is 0 Å². The van der Waals surface area contributed by atoms with Gasteiger partial charge in [0, 0.05) is 26.3 Å². The van der Waals surface area contributed by atoms with E-state index in [1.807, 2.05) is 12.3 Å². The fourth-order valence-electron chi connectivity index (χ4n) is 2.20. The maximum atomic E-state index is 5.21. The molecule has 1 heterocycles. The van der Waals surface area contributed by atoms with Crippen LogP contribution in [-0.2, 0) is 11.2 Å². The van der Waals surface area contributed by atoms with Gasteiger partial charge in [0.15, 0.2) is 0 Å². The second-order valence-corrected chi connectivity index (χ2v) is 4.40. The maximum absolute atomic E-state index is 5.21. The first kappa shape index (κ1) is 12.1. The summed E-state index contributed by atoms with van der Waals surface area (Å²) in [6.45, 7) is 1.84. The lowest BCUT2D eigenvalue weighted by molar-refractivity contribution is 0.118. The predicted molar refractivity (Wildman–Crippen MR) is 70.2 cm³/mol. The molecule has 1 aliphatic rings. The van der Waals surface area contributed by atoms with E-state index < -0.39 is 0 Å². The van der Waals surface area contributed by atoms with Gasteiger partial charge in [-0.1, -0.05) is 30.3 Å². The highest BCUT2D eigenvalue weighted by molar-refractivity contribution is 5.61. The van der Waals surface area contributed by atoms with Crippen LogP contribution in [0.15, 0.2) is 35.4 Å². The van der Waals surface area contributed by atoms with Gasteiger partial charge in [-0.05, 0) is 18.4 Å². The third kappa shape index (κ3) is 3.56. The Labute approximate surface area is 103 Å². The van der Waals surface area contributed by atoms with Gasteiger partial charge >= 0.3 is 0 Å². The zero-order chi connectivity index (χ0) is 11.9. The van der Waals surface area contributed by atoms with E-state index in [1.54, 1.807) is 7.11 Å². The summed E-state index contributed by atoms with van der Waals surface area (Å²) >= 11 is 0. The molecule has 3 nitrogen and oxygen atoms in total. The first-order chi connectivity index (χ1) is 8.40. The van der Waals surface area contributed by atoms with E-state index >= 15 is 0 Å². The molecule has 0 N–H and O–H groups in total. The third-order valence-corrected chi connectivity index (χ3v) is 3.10. The number of methoxy groups -OCH3 is 1. The number of hydrazone groups is 1. The lowest BCUT2D eigenvalue weighted by Gasteiger charge is -2.20. The van der Waals surface area contributed by atoms with Crippen molar-refractivity contribution in [3.63, 3.8) is 0 Å². The van der Waals surface area contributed by atoms with Crippen LogP contribution < -0.4 is 0 Å². The first-order valence-electron chi connectivity index (χ1n) is 6.22. The minimum Gasteiger partial charge on any atom is -0.382 e. The highest BCUT2D eigenvalue weighted by atomic mass is 16.5. The van der Waals surface area contributed by atoms with Crippen LogP contribution in [0.3, 0.4) is 0 Å². The van der Waals surface area contributed by atoms with Gasteiger partial charge in [0.1, 0.15) is 0 Å². The monoisotopic (exact) mass is 232 g/mol. The van der Waals surface area contributed by atoms with E-state index in [0.29, 0.717) is 6.04 Å². The third-order valence-electron chi connectivity index (χ3n) is 3.10. The molecule has 1 atom stereocenters. The zero-order valence-corrected chi connectivity index (χ0v) is 10.4. The van der Waals surface area contributed by atoms with Crippen LogP contribution in [0.25, 0.3) is 0 Å². The summed E-state index contributed by atoms with van der Waals surface area (Å²) in [7, 11) is 1.75. The van der Waals surface area contributed by atoms with Crippen molar-refractivity contribution in [3.8, 4) is 0 Å². The van der Waals surface area contributed by atoms with Crippen molar-refractivity contribution in [2.45, 2.75) is 25.3 Å². The Kier molecular flexibility index (Phi) is 4.56. The van der Waals surface area contributed by atoms with Gasteiger partial charge in [-0.2, -0.15) is 5.10 Å². The van der Waals surface area contributed by atoms with Crippen molar-refractivity contribution in [1.82, 2.24) is 5.01 Å². The smallest absolute Gasteiger partial charge is 0.0704 e. The van der Waals surface area contributed by atoms with Gasteiger partial charge in [-0.25, -0.2) is 0 Å². The highest BCUT2D eigenvalue weighted by Crippen LogP contribution is 2.17. The van der Waals surface area contributed by atoms with Crippen molar-refractivity contribution in [1.29, 1.82) is 0 Å². The molecule has 0 bridgehead atoms. The summed E-state index contributed by atoms with van der Waals surface area (Å²) in [6.07, 6.45) is 5.31. The summed E-state index contributed by atoms with van der Waals surface area (Å²) in [5.74, 6) is 0. The summed E-state index contributed by atoms with van der Waals surface area (Å²) in [5, 5.41) is 6.71. The highest BCUT2D eigenvalue weighted by Gasteiger charge is 2.22. The number of benzene rings is 1. The lowest BCUT2D eigenvalue weighted by Crippen LogP contribution is -2.28. The molecule has 0 saturated carbocycles. The number of ether oxygens (including phenoxy) is 1. The van der Waals surface area contributed by atoms with E-state index in [-0.39, 0.29) is 0 Å². The molecule has 0 amide bonds. The second-order valence-electron chi connectivity index (χ2n) is 4.40. The molecule has 17 heavy (non-hydrogen) atoms. The van der Waals surface area contributed by atoms with Gasteiger partial charge in [0.25, 0.3) is 0 Å². The Balaban J connectivity index is 1.84. The van der Waals surface area contributed by atoms with Crippen LogP contribution in [-0.4, -0.2) is 37.5 Å². The van der Waals surface area contributed by atoms with Crippen LogP contribution in [0.5, 0.6) is 0 Å². The lowest BCUT2D eigenvalue weighted by atomic mass is 10.2. The first-order valence-corrected chi connectivity index (χ1v) is 6.22.